The molecule has 12 unspecified atom stereocenters. The molecule has 0 saturated carbocycles. The number of aliphatic carboxylic acids is 1. The van der Waals surface area contributed by atoms with Crippen LogP contribution in [0.4, 0.5) is 0 Å². The molecule has 0 aliphatic rings. The number of carboxylic acid groups (broad SMARTS) is 1. The van der Waals surface area contributed by atoms with E-state index in [0.717, 1.165) is 0 Å². The largest absolute Gasteiger partial charge is 0.480 e. The first-order chi connectivity index (χ1) is 35.3. The number of carbonyl (C=O) groups is 11. The number of amides is 10. The van der Waals surface area contributed by atoms with Gasteiger partial charge in [0.25, 0.3) is 0 Å². The average molecular weight is 1070 g/mol. The Morgan fingerprint density at radius 2 is 0.720 bits per heavy atom. The lowest BCUT2D eigenvalue weighted by molar-refractivity contribution is -0.142. The maximum absolute atomic E-state index is 13.9. The van der Waals surface area contributed by atoms with E-state index in [2.05, 4.69) is 53.2 Å². The number of hydrogen-bond donors (Lipinski definition) is 15. The van der Waals surface area contributed by atoms with E-state index in [9.17, 15) is 57.8 Å². The van der Waals surface area contributed by atoms with Crippen molar-refractivity contribution in [2.45, 2.75) is 194 Å². The molecule has 26 heteroatoms. The Hall–Kier alpha value is -5.99. The third-order valence-corrected chi connectivity index (χ3v) is 13.0. The van der Waals surface area contributed by atoms with Crippen LogP contribution in [-0.4, -0.2) is 157 Å². The molecular formula is C49H92N14O12. The average Bonchev–Trinajstić information content (AvgIpc) is 3.37. The van der Waals surface area contributed by atoms with E-state index in [1.165, 1.54) is 20.8 Å². The van der Waals surface area contributed by atoms with Gasteiger partial charge in [-0.1, -0.05) is 60.8 Å². The third kappa shape index (κ3) is 26.9. The lowest BCUT2D eigenvalue weighted by atomic mass is 9.96. The van der Waals surface area contributed by atoms with Gasteiger partial charge in [0.05, 0.1) is 19.1 Å². The van der Waals surface area contributed by atoms with Crippen LogP contribution in [0.5, 0.6) is 0 Å². The fraction of sp³-hybridized carbons (Fsp3) is 0.776. The summed E-state index contributed by atoms with van der Waals surface area (Å²) in [4.78, 5) is 144. The second kappa shape index (κ2) is 37.7. The summed E-state index contributed by atoms with van der Waals surface area (Å²) in [6.45, 7) is 14.7. The summed E-state index contributed by atoms with van der Waals surface area (Å²) in [5.41, 5.74) is 22.8. The first-order valence-electron chi connectivity index (χ1n) is 26.4. The standard InChI is InChI=1S/C49H92N14O12/c1-10-27(4)38(53)46(71)56-30(7)41(66)54-25-36(64)59-33(19-13-16-22-50)44(69)62-40(29(6)12-3)48(73)58-32(9)43(68)61-34(20-14-17-23-51)45(70)63-39(28(5)11-2)47(72)57-31(8)42(67)55-26-37(65)60-35(49(74)75)21-15-18-24-52/h27-35,38-40H,10-26,50-53H2,1-9H3,(H,54,66)(H,55,67)(H,56,71)(H,57,72)(H,58,73)(H,59,64)(H,60,65)(H,61,68)(H,62,69)(H,63,70)(H,74,75). The lowest BCUT2D eigenvalue weighted by Gasteiger charge is -2.29. The van der Waals surface area contributed by atoms with Gasteiger partial charge in [0.1, 0.15) is 48.3 Å². The molecule has 75 heavy (non-hydrogen) atoms. The number of unbranched alkanes of at least 4 members (excludes halogenated alkanes) is 3. The van der Waals surface area contributed by atoms with Gasteiger partial charge >= 0.3 is 5.97 Å². The van der Waals surface area contributed by atoms with Crippen LogP contribution in [0.25, 0.3) is 0 Å². The number of nitrogens with two attached hydrogens (primary N) is 4. The van der Waals surface area contributed by atoms with Gasteiger partial charge in [0.2, 0.25) is 59.1 Å². The van der Waals surface area contributed by atoms with E-state index in [1.54, 1.807) is 27.7 Å². The van der Waals surface area contributed by atoms with Crippen molar-refractivity contribution in [3.63, 3.8) is 0 Å². The Bertz CT molecular complexity index is 1860. The maximum Gasteiger partial charge on any atom is 0.326 e. The van der Waals surface area contributed by atoms with Crippen LogP contribution >= 0.6 is 0 Å². The predicted octanol–water partition coefficient (Wildman–Crippen LogP) is -2.91. The topological polar surface area (TPSA) is 432 Å². The molecule has 0 aliphatic carbocycles. The Labute approximate surface area is 442 Å². The van der Waals surface area contributed by atoms with Gasteiger partial charge in [-0.25, -0.2) is 4.79 Å². The van der Waals surface area contributed by atoms with Crippen LogP contribution in [0, 0.1) is 17.8 Å². The highest BCUT2D eigenvalue weighted by Crippen LogP contribution is 2.13. The third-order valence-electron chi connectivity index (χ3n) is 13.0. The molecule has 0 radical (unpaired) electrons. The van der Waals surface area contributed by atoms with E-state index in [4.69, 9.17) is 22.9 Å². The highest BCUT2D eigenvalue weighted by molar-refractivity contribution is 5.98. The Balaban J connectivity index is 6.00. The molecular weight excluding hydrogens is 977 g/mol. The number of nitrogens with one attached hydrogen (secondary N) is 10. The predicted molar refractivity (Wildman–Crippen MR) is 281 cm³/mol. The van der Waals surface area contributed by atoms with Crippen molar-refractivity contribution < 1.29 is 57.8 Å². The normalized spacial score (nSPS) is 15.9. The summed E-state index contributed by atoms with van der Waals surface area (Å²) in [6.07, 6.45) is 4.69. The molecule has 12 atom stereocenters. The Kier molecular flexibility index (Phi) is 34.7. The summed E-state index contributed by atoms with van der Waals surface area (Å²) in [6, 6.07) is -10.2. The fourth-order valence-corrected chi connectivity index (χ4v) is 7.24. The van der Waals surface area contributed by atoms with Crippen molar-refractivity contribution in [2.75, 3.05) is 32.7 Å². The van der Waals surface area contributed by atoms with E-state index in [0.29, 0.717) is 70.9 Å². The molecule has 0 aromatic carbocycles. The van der Waals surface area contributed by atoms with Crippen molar-refractivity contribution in [1.29, 1.82) is 0 Å². The minimum atomic E-state index is -1.26. The summed E-state index contributed by atoms with van der Waals surface area (Å²) in [7, 11) is 0. The molecule has 0 spiro atoms. The van der Waals surface area contributed by atoms with Gasteiger partial charge in [-0.2, -0.15) is 0 Å². The molecule has 0 rings (SSSR count). The van der Waals surface area contributed by atoms with E-state index in [-0.39, 0.29) is 31.7 Å². The monoisotopic (exact) mass is 1070 g/mol. The van der Waals surface area contributed by atoms with E-state index < -0.39 is 144 Å². The van der Waals surface area contributed by atoms with Crippen LogP contribution in [0.15, 0.2) is 0 Å². The second-order valence-electron chi connectivity index (χ2n) is 19.3. The molecule has 26 nitrogen and oxygen atoms in total. The van der Waals surface area contributed by atoms with Crippen LogP contribution in [0.3, 0.4) is 0 Å². The van der Waals surface area contributed by atoms with Gasteiger partial charge in [-0.15, -0.1) is 0 Å². The number of rotatable bonds is 39. The van der Waals surface area contributed by atoms with Crippen LogP contribution < -0.4 is 76.1 Å². The van der Waals surface area contributed by atoms with Crippen molar-refractivity contribution in [1.82, 2.24) is 53.2 Å². The van der Waals surface area contributed by atoms with Crippen molar-refractivity contribution in [2.24, 2.45) is 40.7 Å². The van der Waals surface area contributed by atoms with Crippen LogP contribution in [0.2, 0.25) is 0 Å². The number of carboxylic acids is 1. The maximum atomic E-state index is 13.9. The molecule has 430 valence electrons. The molecule has 0 saturated heterocycles. The first-order valence-corrected chi connectivity index (χ1v) is 26.4. The molecule has 0 fully saturated rings. The smallest absolute Gasteiger partial charge is 0.326 e. The van der Waals surface area contributed by atoms with E-state index in [1.807, 2.05) is 13.8 Å². The minimum Gasteiger partial charge on any atom is -0.480 e. The molecule has 19 N–H and O–H groups in total. The molecule has 10 amide bonds. The highest BCUT2D eigenvalue weighted by Gasteiger charge is 2.35. The summed E-state index contributed by atoms with van der Waals surface area (Å²) >= 11 is 0. The summed E-state index contributed by atoms with van der Waals surface area (Å²) < 4.78 is 0. The minimum absolute atomic E-state index is 0.0933. The van der Waals surface area contributed by atoms with E-state index >= 15 is 0 Å². The summed E-state index contributed by atoms with van der Waals surface area (Å²) in [5, 5.41) is 34.9. The van der Waals surface area contributed by atoms with Crippen LogP contribution in [-0.2, 0) is 52.7 Å². The lowest BCUT2D eigenvalue weighted by Crippen LogP contribution is -2.60. The highest BCUT2D eigenvalue weighted by atomic mass is 16.4. The zero-order valence-corrected chi connectivity index (χ0v) is 45.7. The second-order valence-corrected chi connectivity index (χ2v) is 19.3. The molecule has 0 aliphatic heterocycles. The van der Waals surface area contributed by atoms with Crippen molar-refractivity contribution >= 4 is 65.0 Å². The zero-order chi connectivity index (χ0) is 57.4. The van der Waals surface area contributed by atoms with Crippen molar-refractivity contribution in [3.8, 4) is 0 Å². The Morgan fingerprint density at radius 3 is 1.08 bits per heavy atom. The quantitative estimate of drug-likeness (QED) is 0.0275. The molecule has 0 bridgehead atoms. The fourth-order valence-electron chi connectivity index (χ4n) is 7.24. The van der Waals surface area contributed by atoms with Gasteiger partial charge < -0.3 is 81.2 Å². The van der Waals surface area contributed by atoms with Gasteiger partial charge in [-0.05, 0) is 116 Å². The first kappa shape index (κ1) is 69.0. The van der Waals surface area contributed by atoms with Crippen molar-refractivity contribution in [3.05, 3.63) is 0 Å². The van der Waals surface area contributed by atoms with Gasteiger partial charge in [0.15, 0.2) is 0 Å². The summed E-state index contributed by atoms with van der Waals surface area (Å²) in [5.74, 6) is -9.41. The molecule has 0 aromatic heterocycles. The van der Waals surface area contributed by atoms with Gasteiger partial charge in [0, 0.05) is 0 Å². The number of carbonyl (C=O) groups excluding carboxylic acids is 10. The Morgan fingerprint density at radius 1 is 0.387 bits per heavy atom. The zero-order valence-electron chi connectivity index (χ0n) is 45.7. The molecule has 0 heterocycles. The van der Waals surface area contributed by atoms with Gasteiger partial charge in [-0.3, -0.25) is 47.9 Å². The number of hydrogen-bond acceptors (Lipinski definition) is 15. The molecule has 0 aromatic rings. The van der Waals surface area contributed by atoms with Crippen LogP contribution in [0.1, 0.15) is 139 Å². The SMILES string of the molecule is CCC(C)C(N)C(=O)NC(C)C(=O)NCC(=O)NC(CCCCN)C(=O)NC(C(=O)NC(C)C(=O)NC(CCCCN)C(=O)NC(C(=O)NC(C)C(=O)NCC(=O)NC(CCCCN)C(=O)O)C(C)CC)C(C)CC.